The summed E-state index contributed by atoms with van der Waals surface area (Å²) in [6.45, 7) is 10.9. The second-order valence-corrected chi connectivity index (χ2v) is 10.1. The molecule has 0 fully saturated rings. The van der Waals surface area contributed by atoms with E-state index in [0.717, 1.165) is 21.0 Å². The molecule has 0 spiro atoms. The highest BCUT2D eigenvalue weighted by molar-refractivity contribution is 7.93. The fourth-order valence-corrected chi connectivity index (χ4v) is 4.54. The van der Waals surface area contributed by atoms with Crippen molar-refractivity contribution in [3.63, 3.8) is 0 Å². The molecule has 1 amide bonds. The lowest BCUT2D eigenvalue weighted by Crippen LogP contribution is -2.47. The van der Waals surface area contributed by atoms with E-state index in [2.05, 4.69) is 5.32 Å². The minimum atomic E-state index is -4.05. The highest BCUT2D eigenvalue weighted by Gasteiger charge is 2.31. The quantitative estimate of drug-likeness (QED) is 0.776. The summed E-state index contributed by atoms with van der Waals surface area (Å²) in [5.74, 6) is -0.147. The fraction of sp³-hybridized carbons (Fsp3) is 0.409. The first-order chi connectivity index (χ1) is 13.3. The molecule has 2 aromatic rings. The Morgan fingerprint density at radius 3 is 2.24 bits per heavy atom. The summed E-state index contributed by atoms with van der Waals surface area (Å²) < 4.78 is 33.7. The predicted octanol–water partition coefficient (Wildman–Crippen LogP) is 3.73. The third-order valence-corrected chi connectivity index (χ3v) is 6.26. The molecule has 2 aromatic carbocycles. The molecular formula is C22H30N2O4S. The number of rotatable bonds is 6. The zero-order chi connectivity index (χ0) is 22.0. The van der Waals surface area contributed by atoms with Crippen LogP contribution in [0.3, 0.4) is 0 Å². The van der Waals surface area contributed by atoms with Gasteiger partial charge in [-0.3, -0.25) is 9.10 Å². The molecule has 0 aliphatic rings. The maximum Gasteiger partial charge on any atom is 0.268 e. The summed E-state index contributed by atoms with van der Waals surface area (Å²) in [5, 5.41) is 2.83. The lowest BCUT2D eigenvalue weighted by Gasteiger charge is -2.28. The van der Waals surface area contributed by atoms with E-state index in [1.54, 1.807) is 30.3 Å². The Bertz CT molecular complexity index is 1010. The number of aryl methyl sites for hydroxylation is 3. The Morgan fingerprint density at radius 2 is 1.69 bits per heavy atom. The molecule has 158 valence electrons. The lowest BCUT2D eigenvalue weighted by atomic mass is 10.1. The van der Waals surface area contributed by atoms with Gasteiger partial charge in [0.1, 0.15) is 17.2 Å². The van der Waals surface area contributed by atoms with Crippen molar-refractivity contribution in [1.82, 2.24) is 5.32 Å². The van der Waals surface area contributed by atoms with Crippen molar-refractivity contribution in [1.29, 1.82) is 0 Å². The summed E-state index contributed by atoms with van der Waals surface area (Å²) in [4.78, 5) is 12.7. The minimum Gasteiger partial charge on any atom is -0.495 e. The molecule has 0 saturated heterocycles. The number of carbonyl (C=O) groups is 1. The first-order valence-corrected chi connectivity index (χ1v) is 10.8. The maximum atomic E-state index is 13.6. The molecule has 0 saturated carbocycles. The fourth-order valence-electron chi connectivity index (χ4n) is 2.89. The molecule has 0 bridgehead atoms. The topological polar surface area (TPSA) is 75.7 Å². The summed E-state index contributed by atoms with van der Waals surface area (Å²) in [6, 6.07) is 10.3. The summed E-state index contributed by atoms with van der Waals surface area (Å²) in [5.41, 5.74) is 2.72. The number of sulfonamides is 1. The standard InChI is InChI=1S/C22H30N2O4S/c1-15-8-11-19(28-7)20(12-15)29(26,27)24(14-21(25)23-22(4,5)6)18-10-9-16(2)17(3)13-18/h8-13H,14H2,1-7H3,(H,23,25). The van der Waals surface area contributed by atoms with E-state index >= 15 is 0 Å². The van der Waals surface area contributed by atoms with Crippen LogP contribution in [0.1, 0.15) is 37.5 Å². The molecule has 0 aromatic heterocycles. The minimum absolute atomic E-state index is 0.0294. The van der Waals surface area contributed by atoms with Gasteiger partial charge in [0.15, 0.2) is 0 Å². The lowest BCUT2D eigenvalue weighted by molar-refractivity contribution is -0.121. The van der Waals surface area contributed by atoms with E-state index in [-0.39, 0.29) is 23.1 Å². The van der Waals surface area contributed by atoms with Gasteiger partial charge in [0, 0.05) is 5.54 Å². The number of ether oxygens (including phenoxy) is 1. The van der Waals surface area contributed by atoms with Crippen LogP contribution in [0.2, 0.25) is 0 Å². The van der Waals surface area contributed by atoms with Crippen LogP contribution in [0, 0.1) is 20.8 Å². The second-order valence-electron chi connectivity index (χ2n) is 8.23. The molecule has 0 heterocycles. The van der Waals surface area contributed by atoms with Gasteiger partial charge in [-0.05, 0) is 82.5 Å². The molecule has 7 heteroatoms. The molecular weight excluding hydrogens is 388 g/mol. The van der Waals surface area contributed by atoms with Crippen LogP contribution in [0.15, 0.2) is 41.3 Å². The van der Waals surface area contributed by atoms with Crippen LogP contribution in [0.5, 0.6) is 5.75 Å². The number of nitrogens with zero attached hydrogens (tertiary/aromatic N) is 1. The van der Waals surface area contributed by atoms with Crippen LogP contribution >= 0.6 is 0 Å². The molecule has 0 aliphatic carbocycles. The predicted molar refractivity (Wildman–Crippen MR) is 116 cm³/mol. The van der Waals surface area contributed by atoms with Gasteiger partial charge in [-0.2, -0.15) is 0 Å². The van der Waals surface area contributed by atoms with Gasteiger partial charge in [0.2, 0.25) is 5.91 Å². The van der Waals surface area contributed by atoms with E-state index in [9.17, 15) is 13.2 Å². The second kappa shape index (κ2) is 8.45. The van der Waals surface area contributed by atoms with Crippen molar-refractivity contribution in [2.24, 2.45) is 0 Å². The Hall–Kier alpha value is -2.54. The molecule has 2 rings (SSSR count). The number of methoxy groups -OCH3 is 1. The average molecular weight is 419 g/mol. The van der Waals surface area contributed by atoms with E-state index in [1.807, 2.05) is 47.6 Å². The van der Waals surface area contributed by atoms with Crippen LogP contribution in [0.25, 0.3) is 0 Å². The Morgan fingerprint density at radius 1 is 1.03 bits per heavy atom. The van der Waals surface area contributed by atoms with Crippen molar-refractivity contribution in [3.8, 4) is 5.75 Å². The molecule has 1 N–H and O–H groups in total. The number of hydrogen-bond acceptors (Lipinski definition) is 4. The first-order valence-electron chi connectivity index (χ1n) is 9.41. The van der Waals surface area contributed by atoms with Gasteiger partial charge in [0.25, 0.3) is 10.0 Å². The summed E-state index contributed by atoms with van der Waals surface area (Å²) >= 11 is 0. The summed E-state index contributed by atoms with van der Waals surface area (Å²) in [6.07, 6.45) is 0. The Kier molecular flexibility index (Phi) is 6.63. The van der Waals surface area contributed by atoms with Crippen LogP contribution in [0.4, 0.5) is 5.69 Å². The van der Waals surface area contributed by atoms with Gasteiger partial charge in [0.05, 0.1) is 12.8 Å². The van der Waals surface area contributed by atoms with Crippen LogP contribution in [-0.4, -0.2) is 33.5 Å². The molecule has 0 atom stereocenters. The number of anilines is 1. The van der Waals surface area contributed by atoms with Crippen molar-refractivity contribution >= 4 is 21.6 Å². The summed E-state index contributed by atoms with van der Waals surface area (Å²) in [7, 11) is -2.63. The smallest absolute Gasteiger partial charge is 0.268 e. The Labute approximate surface area is 173 Å². The van der Waals surface area contributed by atoms with Crippen molar-refractivity contribution in [3.05, 3.63) is 53.1 Å². The number of hydrogen-bond donors (Lipinski definition) is 1. The zero-order valence-electron chi connectivity index (χ0n) is 18.2. The van der Waals surface area contributed by atoms with Crippen molar-refractivity contribution in [2.75, 3.05) is 18.0 Å². The highest BCUT2D eigenvalue weighted by Crippen LogP contribution is 2.31. The van der Waals surface area contributed by atoms with Crippen molar-refractivity contribution in [2.45, 2.75) is 52.0 Å². The zero-order valence-corrected chi connectivity index (χ0v) is 19.0. The SMILES string of the molecule is COc1ccc(C)cc1S(=O)(=O)N(CC(=O)NC(C)(C)C)c1ccc(C)c(C)c1. The molecule has 6 nitrogen and oxygen atoms in total. The highest BCUT2D eigenvalue weighted by atomic mass is 32.2. The van der Waals surface area contributed by atoms with Crippen LogP contribution in [-0.2, 0) is 14.8 Å². The third kappa shape index (κ3) is 5.50. The largest absolute Gasteiger partial charge is 0.495 e. The van der Waals surface area contributed by atoms with Gasteiger partial charge in [-0.15, -0.1) is 0 Å². The van der Waals surface area contributed by atoms with E-state index in [4.69, 9.17) is 4.74 Å². The number of carbonyl (C=O) groups excluding carboxylic acids is 1. The van der Waals surface area contributed by atoms with Crippen LogP contribution < -0.4 is 14.4 Å². The molecule has 0 unspecified atom stereocenters. The molecule has 29 heavy (non-hydrogen) atoms. The third-order valence-electron chi connectivity index (χ3n) is 4.47. The van der Waals surface area contributed by atoms with Gasteiger partial charge in [-0.1, -0.05) is 12.1 Å². The first kappa shape index (κ1) is 22.7. The number of nitrogens with one attached hydrogen (secondary N) is 1. The van der Waals surface area contributed by atoms with E-state index in [1.165, 1.54) is 7.11 Å². The Balaban J connectivity index is 2.61. The number of amides is 1. The monoisotopic (exact) mass is 418 g/mol. The normalized spacial score (nSPS) is 11.8. The maximum absolute atomic E-state index is 13.6. The van der Waals surface area contributed by atoms with Gasteiger partial charge >= 0.3 is 0 Å². The molecule has 0 aliphatic heterocycles. The van der Waals surface area contributed by atoms with E-state index in [0.29, 0.717) is 5.69 Å². The van der Waals surface area contributed by atoms with E-state index < -0.39 is 15.6 Å². The average Bonchev–Trinajstić information content (AvgIpc) is 2.60. The van der Waals surface area contributed by atoms with Gasteiger partial charge < -0.3 is 10.1 Å². The van der Waals surface area contributed by atoms with Crippen molar-refractivity contribution < 1.29 is 17.9 Å². The molecule has 0 radical (unpaired) electrons. The number of benzene rings is 2. The van der Waals surface area contributed by atoms with Gasteiger partial charge in [-0.25, -0.2) is 8.42 Å².